The van der Waals surface area contributed by atoms with E-state index in [0.717, 1.165) is 32.6 Å². The average Bonchev–Trinajstić information content (AvgIpc) is 2.34. The van der Waals surface area contributed by atoms with Gasteiger partial charge in [-0.3, -0.25) is 4.90 Å². The van der Waals surface area contributed by atoms with Crippen LogP contribution in [0.3, 0.4) is 0 Å². The van der Waals surface area contributed by atoms with Gasteiger partial charge in [0.05, 0.1) is 0 Å². The topological polar surface area (TPSA) is 29.3 Å². The maximum atomic E-state index is 5.58. The Bertz CT molecular complexity index is 326. The Kier molecular flexibility index (Phi) is 6.60. The van der Waals surface area contributed by atoms with Crippen LogP contribution in [-0.4, -0.2) is 24.5 Å². The van der Waals surface area contributed by atoms with Crippen LogP contribution in [0.2, 0.25) is 0 Å². The van der Waals surface area contributed by atoms with Crippen molar-refractivity contribution in [1.29, 1.82) is 0 Å². The molecule has 0 saturated heterocycles. The lowest BCUT2D eigenvalue weighted by atomic mass is 10.2. The summed E-state index contributed by atoms with van der Waals surface area (Å²) in [4.78, 5) is 2.44. The second-order valence-electron chi connectivity index (χ2n) is 4.64. The highest BCUT2D eigenvalue weighted by Gasteiger charge is 2.03. The summed E-state index contributed by atoms with van der Waals surface area (Å²) in [5, 5.41) is 0. The molecule has 0 aliphatic carbocycles. The van der Waals surface area contributed by atoms with Gasteiger partial charge in [0, 0.05) is 19.6 Å². The number of nitrogens with zero attached hydrogens (tertiary/aromatic N) is 1. The molecule has 0 radical (unpaired) electrons. The van der Waals surface area contributed by atoms with Crippen LogP contribution < -0.4 is 5.73 Å². The first-order valence-corrected chi connectivity index (χ1v) is 6.32. The van der Waals surface area contributed by atoms with E-state index in [0.29, 0.717) is 0 Å². The molecule has 0 heterocycles. The zero-order valence-electron chi connectivity index (χ0n) is 11.0. The van der Waals surface area contributed by atoms with Crippen LogP contribution in [0.1, 0.15) is 25.8 Å². The molecule has 1 rings (SSSR count). The van der Waals surface area contributed by atoms with Gasteiger partial charge >= 0.3 is 0 Å². The zero-order valence-corrected chi connectivity index (χ0v) is 11.0. The van der Waals surface area contributed by atoms with Gasteiger partial charge in [0.1, 0.15) is 0 Å². The molecule has 0 fully saturated rings. The number of hydrogen-bond acceptors (Lipinski definition) is 2. The van der Waals surface area contributed by atoms with Crippen molar-refractivity contribution in [3.05, 3.63) is 47.5 Å². The molecule has 17 heavy (non-hydrogen) atoms. The van der Waals surface area contributed by atoms with Crippen LogP contribution in [0, 0.1) is 0 Å². The summed E-state index contributed by atoms with van der Waals surface area (Å²) in [5.74, 6) is 0. The van der Waals surface area contributed by atoms with Crippen molar-refractivity contribution in [2.24, 2.45) is 5.73 Å². The number of nitrogens with two attached hydrogens (primary N) is 1. The maximum Gasteiger partial charge on any atom is 0.0237 e. The van der Waals surface area contributed by atoms with Crippen molar-refractivity contribution < 1.29 is 0 Å². The van der Waals surface area contributed by atoms with Gasteiger partial charge in [-0.15, -0.1) is 0 Å². The summed E-state index contributed by atoms with van der Waals surface area (Å²) in [6, 6.07) is 10.6. The van der Waals surface area contributed by atoms with Gasteiger partial charge in [-0.2, -0.15) is 0 Å². The fourth-order valence-electron chi connectivity index (χ4n) is 1.70. The molecule has 0 amide bonds. The first kappa shape index (κ1) is 13.9. The van der Waals surface area contributed by atoms with E-state index in [9.17, 15) is 0 Å². The van der Waals surface area contributed by atoms with Crippen LogP contribution >= 0.6 is 0 Å². The van der Waals surface area contributed by atoms with E-state index >= 15 is 0 Å². The fraction of sp³-hybridized carbons (Fsp3) is 0.467. The lowest BCUT2D eigenvalue weighted by Gasteiger charge is -2.20. The molecular formula is C15H24N2. The summed E-state index contributed by atoms with van der Waals surface area (Å²) in [5.41, 5.74) is 8.32. The summed E-state index contributed by atoms with van der Waals surface area (Å²) in [6.07, 6.45) is 3.34. The minimum Gasteiger partial charge on any atom is -0.330 e. The van der Waals surface area contributed by atoms with Gasteiger partial charge in [0.15, 0.2) is 0 Å². The lowest BCUT2D eigenvalue weighted by molar-refractivity contribution is 0.291. The van der Waals surface area contributed by atoms with Crippen LogP contribution in [0.4, 0.5) is 0 Å². The van der Waals surface area contributed by atoms with E-state index < -0.39 is 0 Å². The van der Waals surface area contributed by atoms with Gasteiger partial charge in [-0.25, -0.2) is 0 Å². The smallest absolute Gasteiger partial charge is 0.0237 e. The second-order valence-corrected chi connectivity index (χ2v) is 4.64. The maximum absolute atomic E-state index is 5.58. The summed E-state index contributed by atoms with van der Waals surface area (Å²) < 4.78 is 0. The summed E-state index contributed by atoms with van der Waals surface area (Å²) in [7, 11) is 0. The van der Waals surface area contributed by atoms with Crippen LogP contribution in [-0.2, 0) is 6.54 Å². The monoisotopic (exact) mass is 232 g/mol. The Morgan fingerprint density at radius 2 is 1.94 bits per heavy atom. The van der Waals surface area contributed by atoms with E-state index in [1.54, 1.807) is 0 Å². The molecule has 0 aromatic heterocycles. The molecule has 0 aliphatic heterocycles. The minimum atomic E-state index is 0.764. The quantitative estimate of drug-likeness (QED) is 0.732. The van der Waals surface area contributed by atoms with Crippen molar-refractivity contribution in [1.82, 2.24) is 4.90 Å². The Hall–Kier alpha value is -1.12. The van der Waals surface area contributed by atoms with Gasteiger partial charge < -0.3 is 5.73 Å². The molecule has 0 unspecified atom stereocenters. The van der Waals surface area contributed by atoms with Crippen molar-refractivity contribution >= 4 is 0 Å². The molecule has 94 valence electrons. The fourth-order valence-corrected chi connectivity index (χ4v) is 1.70. The Balaban J connectivity index is 2.53. The highest BCUT2D eigenvalue weighted by molar-refractivity contribution is 5.14. The molecule has 2 nitrogen and oxygen atoms in total. The molecule has 0 bridgehead atoms. The zero-order chi connectivity index (χ0) is 12.5. The second kappa shape index (κ2) is 8.04. The number of allylic oxidation sites excluding steroid dienone is 1. The van der Waals surface area contributed by atoms with Gasteiger partial charge in [-0.1, -0.05) is 42.0 Å². The van der Waals surface area contributed by atoms with E-state index in [1.165, 1.54) is 11.1 Å². The third-order valence-corrected chi connectivity index (χ3v) is 2.69. The Morgan fingerprint density at radius 1 is 1.24 bits per heavy atom. The van der Waals surface area contributed by atoms with Gasteiger partial charge in [0.2, 0.25) is 0 Å². The van der Waals surface area contributed by atoms with Gasteiger partial charge in [0.25, 0.3) is 0 Å². The average molecular weight is 232 g/mol. The van der Waals surface area contributed by atoms with Crippen molar-refractivity contribution in [2.75, 3.05) is 19.6 Å². The lowest BCUT2D eigenvalue weighted by Crippen LogP contribution is -2.26. The first-order valence-electron chi connectivity index (χ1n) is 6.32. The van der Waals surface area contributed by atoms with E-state index in [1.807, 2.05) is 0 Å². The highest BCUT2D eigenvalue weighted by atomic mass is 15.1. The molecule has 1 aromatic rings. The molecular weight excluding hydrogens is 208 g/mol. The molecule has 0 atom stereocenters. The molecule has 0 aliphatic rings. The largest absolute Gasteiger partial charge is 0.330 e. The van der Waals surface area contributed by atoms with Gasteiger partial charge in [-0.05, 0) is 32.4 Å². The molecule has 2 N–H and O–H groups in total. The van der Waals surface area contributed by atoms with E-state index in [-0.39, 0.29) is 0 Å². The predicted molar refractivity (Wildman–Crippen MR) is 74.8 cm³/mol. The third-order valence-electron chi connectivity index (χ3n) is 2.69. The summed E-state index contributed by atoms with van der Waals surface area (Å²) >= 11 is 0. The minimum absolute atomic E-state index is 0.764. The summed E-state index contributed by atoms with van der Waals surface area (Å²) in [6.45, 7) is 8.13. The van der Waals surface area contributed by atoms with Crippen LogP contribution in [0.5, 0.6) is 0 Å². The Labute approximate surface area is 105 Å². The van der Waals surface area contributed by atoms with Crippen LogP contribution in [0.15, 0.2) is 42.0 Å². The molecule has 2 heteroatoms. The van der Waals surface area contributed by atoms with E-state index in [2.05, 4.69) is 55.2 Å². The number of rotatable bonds is 7. The predicted octanol–water partition coefficient (Wildman–Crippen LogP) is 2.80. The van der Waals surface area contributed by atoms with Crippen molar-refractivity contribution in [2.45, 2.75) is 26.8 Å². The first-order chi connectivity index (χ1) is 8.22. The normalized spacial score (nSPS) is 10.6. The van der Waals surface area contributed by atoms with Crippen molar-refractivity contribution in [3.8, 4) is 0 Å². The van der Waals surface area contributed by atoms with E-state index in [4.69, 9.17) is 5.73 Å². The van der Waals surface area contributed by atoms with Crippen LogP contribution in [0.25, 0.3) is 0 Å². The molecule has 0 saturated carbocycles. The standard InChI is InChI=1S/C15H24N2/c1-14(2)9-12-17(11-6-10-16)13-15-7-4-3-5-8-15/h3-5,7-9H,6,10-13,16H2,1-2H3. The Morgan fingerprint density at radius 3 is 2.53 bits per heavy atom. The third kappa shape index (κ3) is 6.25. The molecule has 0 spiro atoms. The molecule has 1 aromatic carbocycles. The number of benzene rings is 1. The highest BCUT2D eigenvalue weighted by Crippen LogP contribution is 2.05. The SMILES string of the molecule is CC(C)=CCN(CCCN)Cc1ccccc1. The number of hydrogen-bond donors (Lipinski definition) is 1. The van der Waals surface area contributed by atoms with Crippen molar-refractivity contribution in [3.63, 3.8) is 0 Å².